The van der Waals surface area contributed by atoms with Crippen LogP contribution < -0.4 is 11.1 Å². The second-order valence-electron chi connectivity index (χ2n) is 4.38. The third-order valence-electron chi connectivity index (χ3n) is 2.89. The van der Waals surface area contributed by atoms with Crippen LogP contribution in [0.5, 0.6) is 0 Å². The van der Waals surface area contributed by atoms with E-state index in [4.69, 9.17) is 17.3 Å². The molecule has 0 atom stereocenters. The van der Waals surface area contributed by atoms with Gasteiger partial charge in [-0.1, -0.05) is 29.8 Å². The first-order valence-corrected chi connectivity index (χ1v) is 6.33. The molecule has 19 heavy (non-hydrogen) atoms. The molecule has 2 rings (SSSR count). The molecule has 4 heteroatoms. The summed E-state index contributed by atoms with van der Waals surface area (Å²) in [5.74, 6) is -0.0739. The van der Waals surface area contributed by atoms with Crippen LogP contribution in [0.25, 0.3) is 0 Å². The van der Waals surface area contributed by atoms with Gasteiger partial charge in [0.2, 0.25) is 5.91 Å². The lowest BCUT2D eigenvalue weighted by atomic mass is 10.1. The predicted octanol–water partition coefficient (Wildman–Crippen LogP) is 3.41. The summed E-state index contributed by atoms with van der Waals surface area (Å²) in [6.07, 6.45) is 0.312. The van der Waals surface area contributed by atoms with Crippen molar-refractivity contribution in [3.8, 4) is 0 Å². The van der Waals surface area contributed by atoms with Crippen molar-refractivity contribution in [3.63, 3.8) is 0 Å². The van der Waals surface area contributed by atoms with Crippen molar-refractivity contribution in [3.05, 3.63) is 58.6 Å². The monoisotopic (exact) mass is 274 g/mol. The summed E-state index contributed by atoms with van der Waals surface area (Å²) in [7, 11) is 0. The third-order valence-corrected chi connectivity index (χ3v) is 3.30. The Balaban J connectivity index is 2.05. The van der Waals surface area contributed by atoms with Gasteiger partial charge in [-0.2, -0.15) is 0 Å². The minimum atomic E-state index is -0.0739. The molecule has 0 saturated heterocycles. The van der Waals surface area contributed by atoms with Gasteiger partial charge in [0.05, 0.1) is 6.42 Å². The average Bonchev–Trinajstić information content (AvgIpc) is 2.38. The summed E-state index contributed by atoms with van der Waals surface area (Å²) < 4.78 is 0. The van der Waals surface area contributed by atoms with E-state index in [0.717, 1.165) is 16.8 Å². The molecule has 0 aliphatic carbocycles. The van der Waals surface area contributed by atoms with E-state index in [2.05, 4.69) is 5.32 Å². The van der Waals surface area contributed by atoms with Crippen molar-refractivity contribution >= 4 is 28.9 Å². The summed E-state index contributed by atoms with van der Waals surface area (Å²) in [4.78, 5) is 11.9. The molecule has 0 spiro atoms. The average molecular weight is 275 g/mol. The molecule has 0 bridgehead atoms. The van der Waals surface area contributed by atoms with Crippen molar-refractivity contribution in [1.29, 1.82) is 0 Å². The first-order valence-electron chi connectivity index (χ1n) is 5.95. The molecule has 2 aromatic carbocycles. The molecule has 0 fully saturated rings. The van der Waals surface area contributed by atoms with Crippen molar-refractivity contribution in [1.82, 2.24) is 0 Å². The number of rotatable bonds is 3. The number of nitrogens with one attached hydrogen (secondary N) is 1. The van der Waals surface area contributed by atoms with E-state index in [1.165, 1.54) is 0 Å². The maximum atomic E-state index is 11.9. The minimum Gasteiger partial charge on any atom is -0.399 e. The zero-order valence-corrected chi connectivity index (χ0v) is 11.4. The standard InChI is InChI=1S/C15H15ClN2O/c1-10-13(16)3-2-4-14(10)18-15(19)9-11-5-7-12(17)8-6-11/h2-8H,9,17H2,1H3,(H,18,19). The van der Waals surface area contributed by atoms with Crippen LogP contribution in [-0.2, 0) is 11.2 Å². The van der Waals surface area contributed by atoms with Crippen molar-refractivity contribution in [2.75, 3.05) is 11.1 Å². The highest BCUT2D eigenvalue weighted by atomic mass is 35.5. The Kier molecular flexibility index (Phi) is 4.07. The first-order chi connectivity index (χ1) is 9.06. The van der Waals surface area contributed by atoms with E-state index in [9.17, 15) is 4.79 Å². The zero-order chi connectivity index (χ0) is 13.8. The summed E-state index contributed by atoms with van der Waals surface area (Å²) in [6.45, 7) is 1.88. The number of hydrogen-bond donors (Lipinski definition) is 2. The van der Waals surface area contributed by atoms with Crippen LogP contribution in [0.3, 0.4) is 0 Å². The van der Waals surface area contributed by atoms with Gasteiger partial charge in [-0.25, -0.2) is 0 Å². The zero-order valence-electron chi connectivity index (χ0n) is 10.6. The Morgan fingerprint density at radius 2 is 1.89 bits per heavy atom. The number of amides is 1. The van der Waals surface area contributed by atoms with Crippen LogP contribution in [0, 0.1) is 6.92 Å². The molecule has 0 unspecified atom stereocenters. The number of anilines is 2. The minimum absolute atomic E-state index is 0.0739. The maximum absolute atomic E-state index is 11.9. The quantitative estimate of drug-likeness (QED) is 0.843. The van der Waals surface area contributed by atoms with Gasteiger partial charge in [0.15, 0.2) is 0 Å². The molecule has 2 aromatic rings. The molecule has 0 heterocycles. The number of halogens is 1. The maximum Gasteiger partial charge on any atom is 0.228 e. The molecular weight excluding hydrogens is 260 g/mol. The lowest BCUT2D eigenvalue weighted by Gasteiger charge is -2.09. The highest BCUT2D eigenvalue weighted by Gasteiger charge is 2.07. The molecule has 0 radical (unpaired) electrons. The predicted molar refractivity (Wildman–Crippen MR) is 79.4 cm³/mol. The molecular formula is C15H15ClN2O. The highest BCUT2D eigenvalue weighted by molar-refractivity contribution is 6.31. The van der Waals surface area contributed by atoms with Gasteiger partial charge in [-0.3, -0.25) is 4.79 Å². The van der Waals surface area contributed by atoms with E-state index < -0.39 is 0 Å². The third kappa shape index (κ3) is 3.48. The summed E-state index contributed by atoms with van der Waals surface area (Å²) in [5.41, 5.74) is 8.83. The largest absolute Gasteiger partial charge is 0.399 e. The summed E-state index contributed by atoms with van der Waals surface area (Å²) >= 11 is 6.01. The molecule has 0 aliphatic rings. The molecule has 3 nitrogen and oxygen atoms in total. The number of nitrogen functional groups attached to an aromatic ring is 1. The normalized spacial score (nSPS) is 10.2. The molecule has 0 aliphatic heterocycles. The van der Waals surface area contributed by atoms with E-state index in [0.29, 0.717) is 17.1 Å². The van der Waals surface area contributed by atoms with Crippen LogP contribution in [-0.4, -0.2) is 5.91 Å². The van der Waals surface area contributed by atoms with Gasteiger partial charge in [-0.05, 0) is 42.3 Å². The Morgan fingerprint density at radius 1 is 1.21 bits per heavy atom. The van der Waals surface area contributed by atoms with Crippen molar-refractivity contribution in [2.24, 2.45) is 0 Å². The topological polar surface area (TPSA) is 55.1 Å². The van der Waals surface area contributed by atoms with Gasteiger partial charge in [0, 0.05) is 16.4 Å². The molecule has 1 amide bonds. The van der Waals surface area contributed by atoms with Crippen LogP contribution >= 0.6 is 11.6 Å². The lowest BCUT2D eigenvalue weighted by molar-refractivity contribution is -0.115. The number of hydrogen-bond acceptors (Lipinski definition) is 2. The SMILES string of the molecule is Cc1c(Cl)cccc1NC(=O)Cc1ccc(N)cc1. The van der Waals surface area contributed by atoms with Gasteiger partial charge in [0.1, 0.15) is 0 Å². The van der Waals surface area contributed by atoms with Gasteiger partial charge in [0.25, 0.3) is 0 Å². The van der Waals surface area contributed by atoms with Crippen LogP contribution in [0.4, 0.5) is 11.4 Å². The second-order valence-corrected chi connectivity index (χ2v) is 4.79. The van der Waals surface area contributed by atoms with E-state index >= 15 is 0 Å². The molecule has 0 saturated carbocycles. The van der Waals surface area contributed by atoms with Crippen LogP contribution in [0.2, 0.25) is 5.02 Å². The smallest absolute Gasteiger partial charge is 0.228 e. The Bertz CT molecular complexity index is 594. The van der Waals surface area contributed by atoms with Crippen molar-refractivity contribution < 1.29 is 4.79 Å². The number of benzene rings is 2. The molecule has 0 aromatic heterocycles. The molecule has 98 valence electrons. The second kappa shape index (κ2) is 5.76. The highest BCUT2D eigenvalue weighted by Crippen LogP contribution is 2.23. The molecule has 3 N–H and O–H groups in total. The van der Waals surface area contributed by atoms with Crippen LogP contribution in [0.1, 0.15) is 11.1 Å². The fourth-order valence-corrected chi connectivity index (χ4v) is 1.93. The summed E-state index contributed by atoms with van der Waals surface area (Å²) in [5, 5.41) is 3.50. The number of carbonyl (C=O) groups is 1. The Labute approximate surface area is 117 Å². The number of carbonyl (C=O) groups excluding carboxylic acids is 1. The number of nitrogens with two attached hydrogens (primary N) is 1. The first kappa shape index (κ1) is 13.4. The van der Waals surface area contributed by atoms with Gasteiger partial charge < -0.3 is 11.1 Å². The van der Waals surface area contributed by atoms with E-state index in [1.54, 1.807) is 18.2 Å². The fraction of sp³-hybridized carbons (Fsp3) is 0.133. The van der Waals surface area contributed by atoms with E-state index in [-0.39, 0.29) is 5.91 Å². The van der Waals surface area contributed by atoms with Crippen molar-refractivity contribution in [2.45, 2.75) is 13.3 Å². The Morgan fingerprint density at radius 3 is 2.58 bits per heavy atom. The Hall–Kier alpha value is -2.00. The fourth-order valence-electron chi connectivity index (χ4n) is 1.76. The van der Waals surface area contributed by atoms with E-state index in [1.807, 2.05) is 31.2 Å². The lowest BCUT2D eigenvalue weighted by Crippen LogP contribution is -2.15. The van der Waals surface area contributed by atoms with Crippen LogP contribution in [0.15, 0.2) is 42.5 Å². The van der Waals surface area contributed by atoms with Gasteiger partial charge in [-0.15, -0.1) is 0 Å². The summed E-state index contributed by atoms with van der Waals surface area (Å²) in [6, 6.07) is 12.7. The van der Waals surface area contributed by atoms with Gasteiger partial charge >= 0.3 is 0 Å².